The van der Waals surface area contributed by atoms with Crippen LogP contribution in [0.5, 0.6) is 0 Å². The second-order valence-electron chi connectivity index (χ2n) is 9.93. The smallest absolute Gasteiger partial charge is 0.233 e. The molecule has 7 rings (SSSR count). The van der Waals surface area contributed by atoms with E-state index in [1.807, 2.05) is 29.6 Å². The average Bonchev–Trinajstić information content (AvgIpc) is 3.27. The second kappa shape index (κ2) is 7.62. The van der Waals surface area contributed by atoms with Crippen molar-refractivity contribution in [3.05, 3.63) is 117 Å². The van der Waals surface area contributed by atoms with E-state index in [9.17, 15) is 4.79 Å². The van der Waals surface area contributed by atoms with E-state index in [0.717, 1.165) is 34.4 Å². The molecule has 1 heterocycles. The minimum atomic E-state index is -0.687. The van der Waals surface area contributed by atoms with Crippen LogP contribution in [0.15, 0.2) is 78.2 Å². The third-order valence-electron chi connectivity index (χ3n) is 7.58. The summed E-state index contributed by atoms with van der Waals surface area (Å²) in [4.78, 5) is 18.6. The van der Waals surface area contributed by atoms with Gasteiger partial charge in [0.2, 0.25) is 5.91 Å². The Hall–Kier alpha value is -3.28. The second-order valence-corrected chi connectivity index (χ2v) is 10.8. The Morgan fingerprint density at radius 1 is 1.03 bits per heavy atom. The number of nitrogens with one attached hydrogen (secondary N) is 1. The van der Waals surface area contributed by atoms with Gasteiger partial charge in [0.15, 0.2) is 5.13 Å². The summed E-state index contributed by atoms with van der Waals surface area (Å²) in [5, 5.41) is 5.81. The third-order valence-corrected chi connectivity index (χ3v) is 8.39. The van der Waals surface area contributed by atoms with Gasteiger partial charge in [0.05, 0.1) is 16.6 Å². The zero-order valence-electron chi connectivity index (χ0n) is 19.3. The van der Waals surface area contributed by atoms with Crippen molar-refractivity contribution in [2.45, 2.75) is 38.1 Å². The first-order chi connectivity index (χ1) is 16.4. The van der Waals surface area contributed by atoms with Gasteiger partial charge in [-0.2, -0.15) is 0 Å². The van der Waals surface area contributed by atoms with Gasteiger partial charge in [-0.1, -0.05) is 78.4 Å². The maximum Gasteiger partial charge on any atom is 0.233 e. The number of hydrogen-bond donors (Lipinski definition) is 2. The number of carbonyl (C=O) groups is 1. The van der Waals surface area contributed by atoms with Crippen molar-refractivity contribution in [2.24, 2.45) is 11.1 Å². The van der Waals surface area contributed by atoms with Gasteiger partial charge >= 0.3 is 0 Å². The molecule has 0 aliphatic heterocycles. The fraction of sp³-hybridized carbons (Fsp3) is 0.241. The molecule has 4 nitrogen and oxygen atoms in total. The lowest BCUT2D eigenvalue weighted by atomic mass is 9.49. The largest absolute Gasteiger partial charge is 0.318 e. The van der Waals surface area contributed by atoms with Crippen LogP contribution < -0.4 is 11.1 Å². The maximum absolute atomic E-state index is 13.8. The van der Waals surface area contributed by atoms with E-state index < -0.39 is 11.0 Å². The molecule has 3 aliphatic rings. The number of aryl methyl sites for hydroxylation is 1. The van der Waals surface area contributed by atoms with Crippen molar-refractivity contribution >= 4 is 22.4 Å². The molecule has 5 heteroatoms. The summed E-state index contributed by atoms with van der Waals surface area (Å²) in [7, 11) is 0. The van der Waals surface area contributed by atoms with Crippen LogP contribution >= 0.6 is 11.3 Å². The molecule has 0 spiro atoms. The number of aromatic nitrogens is 1. The molecule has 1 amide bonds. The maximum atomic E-state index is 13.8. The monoisotopic (exact) mass is 465 g/mol. The van der Waals surface area contributed by atoms with Gasteiger partial charge in [0, 0.05) is 17.7 Å². The fourth-order valence-corrected chi connectivity index (χ4v) is 6.70. The standard InChI is InChI=1S/C29H27N3OS/c1-18-11-13-19(14-12-18)15-20-16-34-27(31-20)32-26(33)28(2)17-29(30)23-9-5-3-7-21(23)25(28)22-8-4-6-10-24(22)29/h3-14,16,25H,15,17,30H2,1-2H3,(H,31,32,33). The molecule has 170 valence electrons. The first kappa shape index (κ1) is 21.3. The third kappa shape index (κ3) is 3.15. The summed E-state index contributed by atoms with van der Waals surface area (Å²) in [6.07, 6.45) is 1.31. The molecule has 0 saturated carbocycles. The molecule has 1 aromatic heterocycles. The Morgan fingerprint density at radius 3 is 2.29 bits per heavy atom. The molecule has 34 heavy (non-hydrogen) atoms. The number of fused-ring (bicyclic) bond motifs is 1. The van der Waals surface area contributed by atoms with E-state index in [4.69, 9.17) is 10.7 Å². The van der Waals surface area contributed by atoms with Crippen molar-refractivity contribution in [1.82, 2.24) is 4.98 Å². The van der Waals surface area contributed by atoms with Gasteiger partial charge in [-0.25, -0.2) is 4.98 Å². The summed E-state index contributed by atoms with van der Waals surface area (Å²) in [6, 6.07) is 25.1. The quantitative estimate of drug-likeness (QED) is 0.404. The highest BCUT2D eigenvalue weighted by Crippen LogP contribution is 2.61. The van der Waals surface area contributed by atoms with Gasteiger partial charge in [-0.3, -0.25) is 4.79 Å². The van der Waals surface area contributed by atoms with E-state index in [1.165, 1.54) is 22.5 Å². The Balaban J connectivity index is 1.31. The molecule has 2 bridgehead atoms. The predicted octanol–water partition coefficient (Wildman–Crippen LogP) is 5.74. The zero-order chi connectivity index (χ0) is 23.5. The van der Waals surface area contributed by atoms with E-state index in [-0.39, 0.29) is 11.8 Å². The Morgan fingerprint density at radius 2 is 1.65 bits per heavy atom. The summed E-state index contributed by atoms with van der Waals surface area (Å²) in [6.45, 7) is 4.14. The lowest BCUT2D eigenvalue weighted by Crippen LogP contribution is -2.57. The molecule has 0 saturated heterocycles. The average molecular weight is 466 g/mol. The minimum Gasteiger partial charge on any atom is -0.318 e. The van der Waals surface area contributed by atoms with E-state index in [0.29, 0.717) is 11.6 Å². The number of amides is 1. The van der Waals surface area contributed by atoms with Gasteiger partial charge in [-0.15, -0.1) is 11.3 Å². The normalized spacial score (nSPS) is 24.4. The van der Waals surface area contributed by atoms with Crippen molar-refractivity contribution in [3.63, 3.8) is 0 Å². The number of carbonyl (C=O) groups excluding carboxylic acids is 1. The lowest BCUT2D eigenvalue weighted by molar-refractivity contribution is -0.127. The van der Waals surface area contributed by atoms with E-state index in [1.54, 1.807) is 0 Å². The summed E-state index contributed by atoms with van der Waals surface area (Å²) in [5.41, 5.74) is 13.8. The first-order valence-corrected chi connectivity index (χ1v) is 12.6. The Kier molecular flexibility index (Phi) is 4.77. The molecular formula is C29H27N3OS. The minimum absolute atomic E-state index is 0.0208. The summed E-state index contributed by atoms with van der Waals surface area (Å²) in [5.74, 6) is -0.0649. The molecule has 0 radical (unpaired) electrons. The number of thiazole rings is 1. The number of anilines is 1. The topological polar surface area (TPSA) is 68.0 Å². The fourth-order valence-electron chi connectivity index (χ4n) is 5.99. The van der Waals surface area contributed by atoms with Gasteiger partial charge in [-0.05, 0) is 48.1 Å². The molecule has 0 fully saturated rings. The first-order valence-electron chi connectivity index (χ1n) is 11.7. The highest BCUT2D eigenvalue weighted by atomic mass is 32.1. The molecule has 1 atom stereocenters. The number of rotatable bonds is 4. The van der Waals surface area contributed by atoms with E-state index >= 15 is 0 Å². The Bertz CT molecular complexity index is 1360. The molecule has 3 aliphatic carbocycles. The van der Waals surface area contributed by atoms with Crippen LogP contribution in [-0.4, -0.2) is 10.9 Å². The Labute approximate surface area is 203 Å². The van der Waals surface area contributed by atoms with Gasteiger partial charge < -0.3 is 11.1 Å². The van der Waals surface area contributed by atoms with Gasteiger partial charge in [0.25, 0.3) is 0 Å². The molecule has 4 aromatic rings. The van der Waals surface area contributed by atoms with Crippen LogP contribution in [0, 0.1) is 12.3 Å². The summed E-state index contributed by atoms with van der Waals surface area (Å²) < 4.78 is 0. The van der Waals surface area contributed by atoms with Crippen molar-refractivity contribution in [2.75, 3.05) is 5.32 Å². The molecule has 3 N–H and O–H groups in total. The lowest BCUT2D eigenvalue weighted by Gasteiger charge is -2.55. The van der Waals surface area contributed by atoms with Crippen LogP contribution in [-0.2, 0) is 16.8 Å². The van der Waals surface area contributed by atoms with Gasteiger partial charge in [0.1, 0.15) is 0 Å². The van der Waals surface area contributed by atoms with Crippen molar-refractivity contribution in [3.8, 4) is 0 Å². The zero-order valence-corrected chi connectivity index (χ0v) is 20.2. The van der Waals surface area contributed by atoms with Crippen molar-refractivity contribution < 1.29 is 4.79 Å². The number of benzene rings is 3. The predicted molar refractivity (Wildman–Crippen MR) is 137 cm³/mol. The highest BCUT2D eigenvalue weighted by Gasteiger charge is 2.59. The number of hydrogen-bond acceptors (Lipinski definition) is 4. The molecular weight excluding hydrogens is 438 g/mol. The number of nitrogens with two attached hydrogens (primary N) is 1. The summed E-state index contributed by atoms with van der Waals surface area (Å²) >= 11 is 1.48. The van der Waals surface area contributed by atoms with Crippen molar-refractivity contribution in [1.29, 1.82) is 0 Å². The van der Waals surface area contributed by atoms with E-state index in [2.05, 4.69) is 67.7 Å². The van der Waals surface area contributed by atoms with Crippen LogP contribution in [0.2, 0.25) is 0 Å². The van der Waals surface area contributed by atoms with Crippen LogP contribution in [0.3, 0.4) is 0 Å². The van der Waals surface area contributed by atoms with Crippen LogP contribution in [0.4, 0.5) is 5.13 Å². The number of nitrogens with zero attached hydrogens (tertiary/aromatic N) is 1. The SMILES string of the molecule is Cc1ccc(Cc2csc(NC(=O)C3(C)CC4(N)c5ccccc5C3c3ccccc34)n2)cc1. The molecule has 1 unspecified atom stereocenters. The van der Waals surface area contributed by atoms with Crippen LogP contribution in [0.1, 0.15) is 58.3 Å². The van der Waals surface area contributed by atoms with Crippen LogP contribution in [0.25, 0.3) is 0 Å². The highest BCUT2D eigenvalue weighted by molar-refractivity contribution is 7.13. The molecule has 3 aromatic carbocycles.